The molecular formula is C21H17Cl2F3N4O3. The largest absolute Gasteiger partial charge is 0.480 e. The number of nitrogens with zero attached hydrogens (tertiary/aromatic N) is 2. The van der Waals surface area contributed by atoms with Gasteiger partial charge < -0.3 is 21.3 Å². The first kappa shape index (κ1) is 24.6. The Kier molecular flexibility index (Phi) is 7.31. The zero-order valence-corrected chi connectivity index (χ0v) is 18.2. The summed E-state index contributed by atoms with van der Waals surface area (Å²) >= 11 is 11.7. The Bertz CT molecular complexity index is 1160. The summed E-state index contributed by atoms with van der Waals surface area (Å²) in [7, 11) is 0. The quantitative estimate of drug-likeness (QED) is 0.430. The van der Waals surface area contributed by atoms with E-state index in [2.05, 4.69) is 9.97 Å². The molecular weight excluding hydrogens is 484 g/mol. The minimum absolute atomic E-state index is 0.0578. The predicted molar refractivity (Wildman–Crippen MR) is 117 cm³/mol. The Hall–Kier alpha value is -3.08. The molecule has 0 amide bonds. The molecule has 0 bridgehead atoms. The summed E-state index contributed by atoms with van der Waals surface area (Å²) in [6, 6.07) is 10.1. The Labute approximate surface area is 196 Å². The molecule has 2 aromatic carbocycles. The summed E-state index contributed by atoms with van der Waals surface area (Å²) in [5.41, 5.74) is 12.3. The van der Waals surface area contributed by atoms with Crippen molar-refractivity contribution in [1.29, 1.82) is 0 Å². The second-order valence-electron chi connectivity index (χ2n) is 7.01. The zero-order chi connectivity index (χ0) is 24.3. The van der Waals surface area contributed by atoms with Crippen molar-refractivity contribution in [2.24, 2.45) is 5.73 Å². The summed E-state index contributed by atoms with van der Waals surface area (Å²) < 4.78 is 46.3. The molecule has 0 radical (unpaired) electrons. The predicted octanol–water partition coefficient (Wildman–Crippen LogP) is 4.67. The van der Waals surface area contributed by atoms with Crippen LogP contribution >= 0.6 is 23.2 Å². The molecule has 2 atom stereocenters. The summed E-state index contributed by atoms with van der Waals surface area (Å²) in [5.74, 6) is -1.83. The van der Waals surface area contributed by atoms with Crippen molar-refractivity contribution in [3.8, 4) is 17.1 Å². The number of hydrogen-bond donors (Lipinski definition) is 3. The highest BCUT2D eigenvalue weighted by molar-refractivity contribution is 6.42. The number of aromatic nitrogens is 2. The number of ether oxygens (including phenoxy) is 1. The second kappa shape index (κ2) is 9.82. The number of aliphatic carboxylic acids is 1. The van der Waals surface area contributed by atoms with Gasteiger partial charge in [-0.2, -0.15) is 18.2 Å². The number of anilines is 1. The smallest absolute Gasteiger partial charge is 0.429 e. The molecule has 0 aliphatic heterocycles. The lowest BCUT2D eigenvalue weighted by Crippen LogP contribution is -2.32. The molecule has 0 spiro atoms. The van der Waals surface area contributed by atoms with Gasteiger partial charge in [0.15, 0.2) is 0 Å². The first-order valence-electron chi connectivity index (χ1n) is 9.34. The molecule has 7 nitrogen and oxygen atoms in total. The zero-order valence-electron chi connectivity index (χ0n) is 16.7. The SMILES string of the molecule is Nc1nc(OC(c2ccc(Cl)c(Cl)c2)C(F)(F)F)cc(-c2ccc(C[C@H](N)C(=O)O)cc2)n1. The van der Waals surface area contributed by atoms with Crippen LogP contribution in [-0.4, -0.2) is 33.3 Å². The average Bonchev–Trinajstić information content (AvgIpc) is 2.73. The van der Waals surface area contributed by atoms with Gasteiger partial charge >= 0.3 is 12.1 Å². The van der Waals surface area contributed by atoms with E-state index in [4.69, 9.17) is 44.5 Å². The molecule has 0 fully saturated rings. The number of alkyl halides is 3. The number of nitrogen functional groups attached to an aromatic ring is 1. The van der Waals surface area contributed by atoms with E-state index in [-0.39, 0.29) is 33.7 Å². The fourth-order valence-corrected chi connectivity index (χ4v) is 3.23. The van der Waals surface area contributed by atoms with Gasteiger partial charge in [-0.25, -0.2) is 4.98 Å². The average molecular weight is 501 g/mol. The maximum atomic E-state index is 13.7. The molecule has 0 aliphatic carbocycles. The Balaban J connectivity index is 1.90. The third-order valence-electron chi connectivity index (χ3n) is 4.52. The van der Waals surface area contributed by atoms with E-state index in [1.165, 1.54) is 12.1 Å². The van der Waals surface area contributed by atoms with Crippen LogP contribution in [0, 0.1) is 0 Å². The van der Waals surface area contributed by atoms with Crippen LogP contribution in [0.2, 0.25) is 10.0 Å². The van der Waals surface area contributed by atoms with E-state index in [0.29, 0.717) is 11.1 Å². The minimum Gasteiger partial charge on any atom is -0.480 e. The molecule has 0 aliphatic rings. The molecule has 1 heterocycles. The van der Waals surface area contributed by atoms with Gasteiger partial charge in [-0.05, 0) is 24.1 Å². The summed E-state index contributed by atoms with van der Waals surface area (Å²) in [6.07, 6.45) is -7.07. The Morgan fingerprint density at radius 2 is 1.73 bits per heavy atom. The van der Waals surface area contributed by atoms with E-state index < -0.39 is 30.2 Å². The summed E-state index contributed by atoms with van der Waals surface area (Å²) in [5, 5.41) is 8.96. The number of carbonyl (C=O) groups is 1. The van der Waals surface area contributed by atoms with Gasteiger partial charge in [-0.1, -0.05) is 53.5 Å². The lowest BCUT2D eigenvalue weighted by molar-refractivity contribution is -0.198. The summed E-state index contributed by atoms with van der Waals surface area (Å²) in [6.45, 7) is 0. The molecule has 3 aromatic rings. The Morgan fingerprint density at radius 3 is 2.30 bits per heavy atom. The van der Waals surface area contributed by atoms with Gasteiger partial charge in [0, 0.05) is 17.2 Å². The van der Waals surface area contributed by atoms with E-state index in [0.717, 1.165) is 12.1 Å². The van der Waals surface area contributed by atoms with Crippen molar-refractivity contribution in [2.75, 3.05) is 5.73 Å². The molecule has 1 aromatic heterocycles. The van der Waals surface area contributed by atoms with Crippen LogP contribution in [0.3, 0.4) is 0 Å². The fraction of sp³-hybridized carbons (Fsp3) is 0.190. The van der Waals surface area contributed by atoms with E-state index in [9.17, 15) is 18.0 Å². The highest BCUT2D eigenvalue weighted by Crippen LogP contribution is 2.39. The number of hydrogen-bond acceptors (Lipinski definition) is 6. The van der Waals surface area contributed by atoms with Crippen molar-refractivity contribution >= 4 is 35.1 Å². The van der Waals surface area contributed by atoms with Crippen LogP contribution in [0.4, 0.5) is 19.1 Å². The van der Waals surface area contributed by atoms with Crippen molar-refractivity contribution in [3.63, 3.8) is 0 Å². The van der Waals surface area contributed by atoms with Crippen molar-refractivity contribution in [3.05, 3.63) is 69.7 Å². The normalized spacial score (nSPS) is 13.4. The number of rotatable bonds is 7. The van der Waals surface area contributed by atoms with Crippen LogP contribution in [0.5, 0.6) is 5.88 Å². The second-order valence-corrected chi connectivity index (χ2v) is 7.82. The fourth-order valence-electron chi connectivity index (χ4n) is 2.92. The van der Waals surface area contributed by atoms with Crippen molar-refractivity contribution in [2.45, 2.75) is 24.7 Å². The maximum absolute atomic E-state index is 13.7. The molecule has 0 saturated carbocycles. The van der Waals surface area contributed by atoms with E-state index >= 15 is 0 Å². The van der Waals surface area contributed by atoms with E-state index in [1.54, 1.807) is 24.3 Å². The number of carboxylic acids is 1. The molecule has 174 valence electrons. The van der Waals surface area contributed by atoms with E-state index in [1.807, 2.05) is 0 Å². The standard InChI is InChI=1S/C21H17Cl2F3N4O3/c22-13-6-5-12(8-14(13)23)18(21(24,25)26)33-17-9-16(29-20(28)30-17)11-3-1-10(2-4-11)7-15(27)19(31)32/h1-6,8-9,15,18H,7,27H2,(H,31,32)(H2,28,29,30)/t15-,18?/m0/s1. The maximum Gasteiger partial charge on any atom is 0.429 e. The number of halogens is 5. The van der Waals surface area contributed by atoms with Crippen LogP contribution in [0.1, 0.15) is 17.2 Å². The van der Waals surface area contributed by atoms with Crippen molar-refractivity contribution in [1.82, 2.24) is 9.97 Å². The van der Waals surface area contributed by atoms with Crippen LogP contribution in [-0.2, 0) is 11.2 Å². The molecule has 12 heteroatoms. The Morgan fingerprint density at radius 1 is 1.06 bits per heavy atom. The summed E-state index contributed by atoms with van der Waals surface area (Å²) in [4.78, 5) is 18.7. The highest BCUT2D eigenvalue weighted by Gasteiger charge is 2.43. The van der Waals surface area contributed by atoms with Crippen LogP contribution in [0.25, 0.3) is 11.3 Å². The molecule has 1 unspecified atom stereocenters. The highest BCUT2D eigenvalue weighted by atomic mass is 35.5. The van der Waals surface area contributed by atoms with Gasteiger partial charge in [0.25, 0.3) is 0 Å². The number of carboxylic acid groups (broad SMARTS) is 1. The van der Waals surface area contributed by atoms with Gasteiger partial charge in [0.1, 0.15) is 6.04 Å². The van der Waals surface area contributed by atoms with Crippen LogP contribution in [0.15, 0.2) is 48.5 Å². The van der Waals surface area contributed by atoms with Crippen molar-refractivity contribution < 1.29 is 27.8 Å². The molecule has 0 saturated heterocycles. The topological polar surface area (TPSA) is 124 Å². The minimum atomic E-state index is -4.79. The number of nitrogens with two attached hydrogens (primary N) is 2. The molecule has 33 heavy (non-hydrogen) atoms. The van der Waals surface area contributed by atoms with Gasteiger partial charge in [-0.15, -0.1) is 0 Å². The van der Waals surface area contributed by atoms with Gasteiger partial charge in [0.2, 0.25) is 17.9 Å². The third-order valence-corrected chi connectivity index (χ3v) is 5.26. The monoisotopic (exact) mass is 500 g/mol. The lowest BCUT2D eigenvalue weighted by Gasteiger charge is -2.22. The first-order valence-corrected chi connectivity index (χ1v) is 10.1. The molecule has 5 N–H and O–H groups in total. The van der Waals surface area contributed by atoms with Crippen LogP contribution < -0.4 is 16.2 Å². The number of benzene rings is 2. The lowest BCUT2D eigenvalue weighted by atomic mass is 10.0. The molecule has 3 rings (SSSR count). The van der Waals surface area contributed by atoms with Gasteiger partial charge in [-0.3, -0.25) is 4.79 Å². The van der Waals surface area contributed by atoms with Gasteiger partial charge in [0.05, 0.1) is 15.7 Å². The first-order chi connectivity index (χ1) is 15.4. The third kappa shape index (κ3) is 6.25.